The molecule has 6 aromatic carbocycles. The highest BCUT2D eigenvalue weighted by Crippen LogP contribution is 2.35. The number of nitrogens with one attached hydrogen (secondary N) is 2. The number of benzene rings is 6. The van der Waals surface area contributed by atoms with Crippen LogP contribution in [-0.2, 0) is 4.79 Å². The lowest BCUT2D eigenvalue weighted by molar-refractivity contribution is -0.113. The number of halogens is 1. The van der Waals surface area contributed by atoms with E-state index in [9.17, 15) is 14.7 Å². The maximum atomic E-state index is 14.3. The Bertz CT molecular complexity index is 2670. The average molecular weight is 740 g/mol. The molecule has 0 radical (unpaired) electrons. The SMILES string of the molecule is O=C(N/N=C(\N=Nc1ccc(Cl)cc1)c1ccccc1O)c1ccc(N2C(=O)/C(=C/c3c(-c4ccccc4)[nH]c4ccccc34)N=C2c2ccccc2)cc1. The lowest BCUT2D eigenvalue weighted by Crippen LogP contribution is -2.32. The van der Waals surface area contributed by atoms with Crippen LogP contribution in [0.4, 0.5) is 11.4 Å². The predicted molar refractivity (Wildman–Crippen MR) is 217 cm³/mol. The number of amides is 2. The number of para-hydroxylation sites is 2. The Morgan fingerprint density at radius 1 is 0.764 bits per heavy atom. The first-order valence-corrected chi connectivity index (χ1v) is 17.6. The highest BCUT2D eigenvalue weighted by atomic mass is 35.5. The van der Waals surface area contributed by atoms with Crippen molar-refractivity contribution in [2.75, 3.05) is 4.90 Å². The Morgan fingerprint density at radius 3 is 2.15 bits per heavy atom. The Morgan fingerprint density at radius 2 is 1.42 bits per heavy atom. The Balaban J connectivity index is 1.10. The largest absolute Gasteiger partial charge is 0.507 e. The summed E-state index contributed by atoms with van der Waals surface area (Å²) in [5.74, 6) is -0.509. The summed E-state index contributed by atoms with van der Waals surface area (Å²) in [7, 11) is 0. The molecule has 0 spiro atoms. The van der Waals surface area contributed by atoms with Crippen LogP contribution in [0.5, 0.6) is 5.75 Å². The lowest BCUT2D eigenvalue weighted by atomic mass is 10.0. The second-order valence-electron chi connectivity index (χ2n) is 12.4. The lowest BCUT2D eigenvalue weighted by Gasteiger charge is -2.19. The molecule has 0 saturated carbocycles. The third kappa shape index (κ3) is 7.30. The van der Waals surface area contributed by atoms with Crippen molar-refractivity contribution in [2.24, 2.45) is 20.3 Å². The number of hydrogen-bond acceptors (Lipinski definition) is 6. The van der Waals surface area contributed by atoms with Crippen molar-refractivity contribution in [3.63, 3.8) is 0 Å². The van der Waals surface area contributed by atoms with Crippen LogP contribution in [0.15, 0.2) is 184 Å². The Hall–Kier alpha value is -7.43. The van der Waals surface area contributed by atoms with E-state index in [1.54, 1.807) is 71.6 Å². The molecule has 2 heterocycles. The van der Waals surface area contributed by atoms with Gasteiger partial charge in [0.2, 0.25) is 5.84 Å². The first-order chi connectivity index (χ1) is 26.9. The van der Waals surface area contributed by atoms with Crippen LogP contribution in [0.25, 0.3) is 28.2 Å². The van der Waals surface area contributed by atoms with Gasteiger partial charge < -0.3 is 10.1 Å². The summed E-state index contributed by atoms with van der Waals surface area (Å²) < 4.78 is 0. The molecule has 3 N–H and O–H groups in total. The van der Waals surface area contributed by atoms with Crippen LogP contribution in [0.2, 0.25) is 5.02 Å². The fraction of sp³-hybridized carbons (Fsp3) is 0. The van der Waals surface area contributed by atoms with E-state index in [2.05, 4.69) is 25.7 Å². The summed E-state index contributed by atoms with van der Waals surface area (Å²) >= 11 is 5.99. The molecule has 11 heteroatoms. The van der Waals surface area contributed by atoms with Crippen molar-refractivity contribution in [1.82, 2.24) is 10.4 Å². The number of H-pyrrole nitrogens is 1. The van der Waals surface area contributed by atoms with Crippen molar-refractivity contribution in [3.05, 3.63) is 191 Å². The number of amidine groups is 2. The van der Waals surface area contributed by atoms with E-state index in [1.807, 2.05) is 91.0 Å². The van der Waals surface area contributed by atoms with E-state index in [-0.39, 0.29) is 34.3 Å². The number of aromatic nitrogens is 1. The van der Waals surface area contributed by atoms with Gasteiger partial charge in [0.25, 0.3) is 11.8 Å². The smallest absolute Gasteiger partial charge is 0.282 e. The van der Waals surface area contributed by atoms with Crippen LogP contribution in [0.1, 0.15) is 27.0 Å². The fourth-order valence-corrected chi connectivity index (χ4v) is 6.29. The summed E-state index contributed by atoms with van der Waals surface area (Å²) in [5, 5.41) is 24.6. The van der Waals surface area contributed by atoms with Crippen molar-refractivity contribution in [1.29, 1.82) is 0 Å². The second-order valence-corrected chi connectivity index (χ2v) is 12.9. The molecule has 1 aliphatic heterocycles. The van der Waals surface area contributed by atoms with E-state index in [4.69, 9.17) is 16.6 Å². The van der Waals surface area contributed by atoms with Gasteiger partial charge in [-0.1, -0.05) is 103 Å². The molecule has 0 saturated heterocycles. The summed E-state index contributed by atoms with van der Waals surface area (Å²) in [4.78, 5) is 37.7. The van der Waals surface area contributed by atoms with Crippen molar-refractivity contribution >= 4 is 63.4 Å². The number of nitrogens with zero attached hydrogens (tertiary/aromatic N) is 5. The molecule has 8 rings (SSSR count). The van der Waals surface area contributed by atoms with E-state index in [0.717, 1.165) is 33.3 Å². The van der Waals surface area contributed by atoms with Gasteiger partial charge in [-0.25, -0.2) is 10.4 Å². The number of aromatic hydroxyl groups is 1. The van der Waals surface area contributed by atoms with Crippen LogP contribution < -0.4 is 10.3 Å². The van der Waals surface area contributed by atoms with Gasteiger partial charge in [-0.15, -0.1) is 15.3 Å². The van der Waals surface area contributed by atoms with Gasteiger partial charge >= 0.3 is 0 Å². The molecule has 0 unspecified atom stereocenters. The zero-order chi connectivity index (χ0) is 37.7. The van der Waals surface area contributed by atoms with Gasteiger partial charge in [-0.05, 0) is 78.4 Å². The minimum absolute atomic E-state index is 0.0191. The van der Waals surface area contributed by atoms with Crippen LogP contribution in [0.3, 0.4) is 0 Å². The van der Waals surface area contributed by atoms with E-state index < -0.39 is 5.91 Å². The molecule has 0 atom stereocenters. The number of aromatic amines is 1. The minimum atomic E-state index is -0.542. The summed E-state index contributed by atoms with van der Waals surface area (Å²) in [5.41, 5.74) is 8.75. The van der Waals surface area contributed by atoms with Crippen LogP contribution in [0, 0.1) is 0 Å². The van der Waals surface area contributed by atoms with Gasteiger partial charge in [-0.3, -0.25) is 14.5 Å². The third-order valence-electron chi connectivity index (χ3n) is 8.86. The fourth-order valence-electron chi connectivity index (χ4n) is 6.16. The zero-order valence-corrected chi connectivity index (χ0v) is 29.7. The van der Waals surface area contributed by atoms with E-state index >= 15 is 0 Å². The van der Waals surface area contributed by atoms with Crippen molar-refractivity contribution in [2.45, 2.75) is 0 Å². The predicted octanol–water partition coefficient (Wildman–Crippen LogP) is 9.90. The molecule has 1 aromatic heterocycles. The summed E-state index contributed by atoms with van der Waals surface area (Å²) in [6, 6.07) is 47.1. The molecule has 10 nitrogen and oxygen atoms in total. The van der Waals surface area contributed by atoms with Crippen molar-refractivity contribution < 1.29 is 14.7 Å². The second kappa shape index (κ2) is 15.3. The number of carbonyl (C=O) groups excluding carboxylic acids is 2. The molecule has 7 aromatic rings. The number of rotatable bonds is 8. The number of aliphatic imine (C=N–C) groups is 1. The molecule has 2 amide bonds. The van der Waals surface area contributed by atoms with Gasteiger partial charge in [0.05, 0.1) is 22.6 Å². The topological polar surface area (TPSA) is 135 Å². The normalized spacial score (nSPS) is 13.9. The summed E-state index contributed by atoms with van der Waals surface area (Å²) in [6.45, 7) is 0. The van der Waals surface area contributed by atoms with E-state index in [1.165, 1.54) is 6.07 Å². The highest BCUT2D eigenvalue weighted by molar-refractivity contribution is 6.33. The minimum Gasteiger partial charge on any atom is -0.507 e. The molecule has 266 valence electrons. The number of carbonyl (C=O) groups is 2. The van der Waals surface area contributed by atoms with E-state index in [0.29, 0.717) is 22.2 Å². The standard InChI is InChI=1S/C44H30ClN7O3/c45-31-21-23-32(24-22-31)48-49-41(35-16-8-10-18-39(35)53)50-51-43(54)30-19-25-33(26-20-30)52-42(29-13-5-2-6-14-29)47-38(44(52)55)27-36-34-15-7-9-17-37(34)46-40(36)28-11-3-1-4-12-28/h1-27,46,53H,(H,51,54)/b38-27-,49-48?,50-41-. The van der Waals surface area contributed by atoms with Gasteiger partial charge in [0.1, 0.15) is 17.3 Å². The zero-order valence-electron chi connectivity index (χ0n) is 29.0. The van der Waals surface area contributed by atoms with Crippen LogP contribution >= 0.6 is 11.6 Å². The first-order valence-electron chi connectivity index (χ1n) is 17.2. The number of fused-ring (bicyclic) bond motifs is 1. The number of hydrogen-bond donors (Lipinski definition) is 3. The molecule has 0 bridgehead atoms. The van der Waals surface area contributed by atoms with Gasteiger partial charge in [0.15, 0.2) is 0 Å². The highest BCUT2D eigenvalue weighted by Gasteiger charge is 2.33. The monoisotopic (exact) mass is 739 g/mol. The summed E-state index contributed by atoms with van der Waals surface area (Å²) in [6.07, 6.45) is 1.83. The number of anilines is 1. The molecule has 0 fully saturated rings. The average Bonchev–Trinajstić information content (AvgIpc) is 3.76. The van der Waals surface area contributed by atoms with Crippen molar-refractivity contribution in [3.8, 4) is 17.0 Å². The number of phenols is 1. The number of phenolic OH excluding ortho intramolecular Hbond substituents is 1. The quantitative estimate of drug-likeness (QED) is 0.0471. The van der Waals surface area contributed by atoms with Gasteiger partial charge in [-0.2, -0.15) is 0 Å². The molecule has 0 aliphatic carbocycles. The number of hydrazone groups is 1. The molecular weight excluding hydrogens is 710 g/mol. The van der Waals surface area contributed by atoms with Crippen LogP contribution in [-0.4, -0.2) is 33.6 Å². The molecular formula is C44H30ClN7O3. The molecule has 55 heavy (non-hydrogen) atoms. The number of azo groups is 1. The first kappa shape index (κ1) is 34.6. The Labute approximate surface area is 320 Å². The third-order valence-corrected chi connectivity index (χ3v) is 9.12. The Kier molecular flexibility index (Phi) is 9.62. The van der Waals surface area contributed by atoms with Gasteiger partial charge in [0, 0.05) is 32.6 Å². The molecule has 1 aliphatic rings. The maximum Gasteiger partial charge on any atom is 0.282 e. The maximum absolute atomic E-state index is 14.3.